The van der Waals surface area contributed by atoms with E-state index in [1.807, 2.05) is 27.8 Å². The summed E-state index contributed by atoms with van der Waals surface area (Å²) < 4.78 is 0. The SMILES string of the molecule is CCNc1nnc(CN(C)C(C)(C)CO)s1. The molecule has 1 aromatic heterocycles. The summed E-state index contributed by atoms with van der Waals surface area (Å²) in [5.74, 6) is 0. The lowest BCUT2D eigenvalue weighted by Gasteiger charge is -2.32. The second kappa shape index (κ2) is 5.56. The first-order valence-electron chi connectivity index (χ1n) is 5.38. The molecule has 92 valence electrons. The predicted octanol–water partition coefficient (Wildman–Crippen LogP) is 1.17. The summed E-state index contributed by atoms with van der Waals surface area (Å²) in [6.45, 7) is 7.71. The predicted molar refractivity (Wildman–Crippen MR) is 66.7 cm³/mol. The maximum absolute atomic E-state index is 9.25. The van der Waals surface area contributed by atoms with Crippen LogP contribution in [0.15, 0.2) is 0 Å². The fourth-order valence-electron chi connectivity index (χ4n) is 1.08. The fraction of sp³-hybridized carbons (Fsp3) is 0.800. The molecule has 1 rings (SSSR count). The minimum atomic E-state index is -0.232. The lowest BCUT2D eigenvalue weighted by molar-refractivity contribution is 0.0732. The van der Waals surface area contributed by atoms with Crippen LogP contribution in [0.1, 0.15) is 25.8 Å². The average molecular weight is 244 g/mol. The molecule has 0 aliphatic carbocycles. The molecule has 0 amide bonds. The molecular formula is C10H20N4OS. The number of hydrogen-bond donors (Lipinski definition) is 2. The van der Waals surface area contributed by atoms with E-state index in [4.69, 9.17) is 0 Å². The molecular weight excluding hydrogens is 224 g/mol. The summed E-state index contributed by atoms with van der Waals surface area (Å²) >= 11 is 1.56. The second-order valence-corrected chi connectivity index (χ2v) is 5.42. The second-order valence-electron chi connectivity index (χ2n) is 4.36. The lowest BCUT2D eigenvalue weighted by atomic mass is 10.1. The van der Waals surface area contributed by atoms with Crippen LogP contribution in [0.25, 0.3) is 0 Å². The first-order valence-corrected chi connectivity index (χ1v) is 6.19. The van der Waals surface area contributed by atoms with Gasteiger partial charge in [0.05, 0.1) is 13.2 Å². The van der Waals surface area contributed by atoms with Crippen molar-refractivity contribution in [1.82, 2.24) is 15.1 Å². The Hall–Kier alpha value is -0.720. The van der Waals surface area contributed by atoms with Crippen LogP contribution in [-0.2, 0) is 6.54 Å². The molecule has 6 heteroatoms. The summed E-state index contributed by atoms with van der Waals surface area (Å²) in [6, 6.07) is 0. The van der Waals surface area contributed by atoms with Crippen LogP contribution in [0.4, 0.5) is 5.13 Å². The van der Waals surface area contributed by atoms with Crippen molar-refractivity contribution in [3.8, 4) is 0 Å². The summed E-state index contributed by atoms with van der Waals surface area (Å²) in [7, 11) is 1.98. The first kappa shape index (κ1) is 13.3. The molecule has 0 atom stereocenters. The molecule has 0 aromatic carbocycles. The monoisotopic (exact) mass is 244 g/mol. The summed E-state index contributed by atoms with van der Waals surface area (Å²) in [4.78, 5) is 2.07. The van der Waals surface area contributed by atoms with Crippen LogP contribution in [0.5, 0.6) is 0 Å². The quantitative estimate of drug-likeness (QED) is 0.786. The van der Waals surface area contributed by atoms with Gasteiger partial charge in [-0.15, -0.1) is 10.2 Å². The average Bonchev–Trinajstić information content (AvgIpc) is 2.66. The Balaban J connectivity index is 2.59. The summed E-state index contributed by atoms with van der Waals surface area (Å²) in [5, 5.41) is 22.3. The standard InChI is InChI=1S/C10H20N4OS/c1-5-11-9-13-12-8(16-9)6-14(4)10(2,3)7-15/h15H,5-7H2,1-4H3,(H,11,13). The van der Waals surface area contributed by atoms with Crippen LogP contribution >= 0.6 is 11.3 Å². The zero-order valence-electron chi connectivity index (χ0n) is 10.3. The van der Waals surface area contributed by atoms with E-state index in [1.165, 1.54) is 0 Å². The van der Waals surface area contributed by atoms with Gasteiger partial charge in [0.15, 0.2) is 0 Å². The van der Waals surface area contributed by atoms with Crippen LogP contribution in [-0.4, -0.2) is 45.9 Å². The number of aliphatic hydroxyl groups excluding tert-OH is 1. The van der Waals surface area contributed by atoms with E-state index in [0.29, 0.717) is 6.54 Å². The highest BCUT2D eigenvalue weighted by molar-refractivity contribution is 7.15. The van der Waals surface area contributed by atoms with E-state index in [-0.39, 0.29) is 12.1 Å². The Labute approximate surface area is 101 Å². The molecule has 0 spiro atoms. The first-order chi connectivity index (χ1) is 7.49. The molecule has 0 fully saturated rings. The minimum Gasteiger partial charge on any atom is -0.394 e. The van der Waals surface area contributed by atoms with Gasteiger partial charge in [-0.25, -0.2) is 0 Å². The minimum absolute atomic E-state index is 0.127. The summed E-state index contributed by atoms with van der Waals surface area (Å²) in [6.07, 6.45) is 0. The Bertz CT molecular complexity index is 326. The van der Waals surface area contributed by atoms with Crippen molar-refractivity contribution in [3.05, 3.63) is 5.01 Å². The van der Waals surface area contributed by atoms with E-state index < -0.39 is 0 Å². The van der Waals surface area contributed by atoms with Gasteiger partial charge in [-0.1, -0.05) is 11.3 Å². The van der Waals surface area contributed by atoms with Gasteiger partial charge in [-0.2, -0.15) is 0 Å². The van der Waals surface area contributed by atoms with Crippen molar-refractivity contribution in [2.24, 2.45) is 0 Å². The van der Waals surface area contributed by atoms with Crippen LogP contribution in [0, 0.1) is 0 Å². The molecule has 0 bridgehead atoms. The molecule has 1 heterocycles. The van der Waals surface area contributed by atoms with Gasteiger partial charge in [0, 0.05) is 12.1 Å². The Morgan fingerprint density at radius 1 is 1.44 bits per heavy atom. The Morgan fingerprint density at radius 2 is 2.12 bits per heavy atom. The van der Waals surface area contributed by atoms with Crippen molar-refractivity contribution >= 4 is 16.5 Å². The third-order valence-electron chi connectivity index (χ3n) is 2.59. The third-order valence-corrected chi connectivity index (χ3v) is 3.45. The van der Waals surface area contributed by atoms with Crippen LogP contribution in [0.2, 0.25) is 0 Å². The van der Waals surface area contributed by atoms with Crippen molar-refractivity contribution in [2.75, 3.05) is 25.5 Å². The number of nitrogens with zero attached hydrogens (tertiary/aromatic N) is 3. The number of hydrogen-bond acceptors (Lipinski definition) is 6. The highest BCUT2D eigenvalue weighted by Gasteiger charge is 2.23. The maximum atomic E-state index is 9.25. The van der Waals surface area contributed by atoms with Gasteiger partial charge >= 0.3 is 0 Å². The van der Waals surface area contributed by atoms with E-state index in [2.05, 4.69) is 20.4 Å². The molecule has 5 nitrogen and oxygen atoms in total. The smallest absolute Gasteiger partial charge is 0.205 e. The number of aromatic nitrogens is 2. The van der Waals surface area contributed by atoms with Gasteiger partial charge in [-0.3, -0.25) is 4.90 Å². The highest BCUT2D eigenvalue weighted by atomic mass is 32.1. The van der Waals surface area contributed by atoms with Crippen molar-refractivity contribution in [1.29, 1.82) is 0 Å². The Morgan fingerprint density at radius 3 is 2.69 bits per heavy atom. The number of likely N-dealkylation sites (N-methyl/N-ethyl adjacent to an activating group) is 1. The molecule has 0 aliphatic rings. The normalized spacial score (nSPS) is 12.1. The molecule has 2 N–H and O–H groups in total. The lowest BCUT2D eigenvalue weighted by Crippen LogP contribution is -2.43. The van der Waals surface area contributed by atoms with Gasteiger partial charge in [0.1, 0.15) is 5.01 Å². The van der Waals surface area contributed by atoms with E-state index in [1.54, 1.807) is 11.3 Å². The zero-order valence-corrected chi connectivity index (χ0v) is 11.1. The van der Waals surface area contributed by atoms with E-state index >= 15 is 0 Å². The molecule has 1 aromatic rings. The highest BCUT2D eigenvalue weighted by Crippen LogP contribution is 2.20. The molecule has 0 aliphatic heterocycles. The van der Waals surface area contributed by atoms with Crippen molar-refractivity contribution < 1.29 is 5.11 Å². The maximum Gasteiger partial charge on any atom is 0.205 e. The molecule has 0 saturated carbocycles. The molecule has 16 heavy (non-hydrogen) atoms. The van der Waals surface area contributed by atoms with Gasteiger partial charge in [0.25, 0.3) is 0 Å². The zero-order chi connectivity index (χ0) is 12.2. The number of rotatable bonds is 6. The number of nitrogens with one attached hydrogen (secondary N) is 1. The molecule has 0 saturated heterocycles. The fourth-order valence-corrected chi connectivity index (χ4v) is 1.94. The van der Waals surface area contributed by atoms with Gasteiger partial charge in [0.2, 0.25) is 5.13 Å². The van der Waals surface area contributed by atoms with Gasteiger partial charge < -0.3 is 10.4 Å². The molecule has 0 radical (unpaired) electrons. The van der Waals surface area contributed by atoms with E-state index in [9.17, 15) is 5.11 Å². The van der Waals surface area contributed by atoms with Gasteiger partial charge in [-0.05, 0) is 27.8 Å². The van der Waals surface area contributed by atoms with E-state index in [0.717, 1.165) is 16.7 Å². The number of aliphatic hydroxyl groups is 1. The van der Waals surface area contributed by atoms with Crippen LogP contribution in [0.3, 0.4) is 0 Å². The summed E-state index contributed by atoms with van der Waals surface area (Å²) in [5.41, 5.74) is -0.232. The van der Waals surface area contributed by atoms with Crippen molar-refractivity contribution in [3.63, 3.8) is 0 Å². The Kier molecular flexibility index (Phi) is 4.64. The third kappa shape index (κ3) is 3.40. The number of anilines is 1. The van der Waals surface area contributed by atoms with Crippen LogP contribution < -0.4 is 5.32 Å². The molecule has 0 unspecified atom stereocenters. The van der Waals surface area contributed by atoms with Crippen molar-refractivity contribution in [2.45, 2.75) is 32.9 Å². The largest absolute Gasteiger partial charge is 0.394 e. The topological polar surface area (TPSA) is 61.3 Å².